The number of nitrogens with one attached hydrogen (secondary N) is 1. The SMILES string of the molecule is CCNS(=O)(=O)n1ccc(C)c1C(N)=O. The first kappa shape index (κ1) is 11.7. The van der Waals surface area contributed by atoms with E-state index in [0.29, 0.717) is 5.56 Å². The van der Waals surface area contributed by atoms with Gasteiger partial charge in [0.2, 0.25) is 0 Å². The smallest absolute Gasteiger partial charge is 0.305 e. The number of primary amides is 1. The number of nitrogens with zero attached hydrogens (tertiary/aromatic N) is 1. The molecule has 0 atom stereocenters. The van der Waals surface area contributed by atoms with Gasteiger partial charge in [-0.15, -0.1) is 0 Å². The fourth-order valence-corrected chi connectivity index (χ4v) is 2.46. The molecule has 7 heteroatoms. The van der Waals surface area contributed by atoms with E-state index in [1.165, 1.54) is 12.3 Å². The van der Waals surface area contributed by atoms with Gasteiger partial charge in [-0.1, -0.05) is 6.92 Å². The minimum atomic E-state index is -3.70. The number of rotatable bonds is 4. The van der Waals surface area contributed by atoms with E-state index < -0.39 is 16.1 Å². The molecule has 1 aromatic heterocycles. The normalized spacial score (nSPS) is 11.6. The highest BCUT2D eigenvalue weighted by atomic mass is 32.2. The fourth-order valence-electron chi connectivity index (χ4n) is 1.26. The van der Waals surface area contributed by atoms with Crippen molar-refractivity contribution in [2.75, 3.05) is 6.54 Å². The summed E-state index contributed by atoms with van der Waals surface area (Å²) in [6.45, 7) is 3.52. The molecule has 1 rings (SSSR count). The van der Waals surface area contributed by atoms with Gasteiger partial charge in [-0.3, -0.25) is 4.79 Å². The van der Waals surface area contributed by atoms with Crippen molar-refractivity contribution in [3.05, 3.63) is 23.5 Å². The van der Waals surface area contributed by atoms with E-state index in [-0.39, 0.29) is 12.2 Å². The molecule has 0 aliphatic carbocycles. The first-order valence-electron chi connectivity index (χ1n) is 4.38. The van der Waals surface area contributed by atoms with Crippen molar-refractivity contribution in [1.82, 2.24) is 8.69 Å². The largest absolute Gasteiger partial charge is 0.364 e. The van der Waals surface area contributed by atoms with Gasteiger partial charge in [-0.05, 0) is 18.6 Å². The van der Waals surface area contributed by atoms with Crippen LogP contribution < -0.4 is 10.5 Å². The van der Waals surface area contributed by atoms with Gasteiger partial charge in [-0.25, -0.2) is 3.97 Å². The van der Waals surface area contributed by atoms with Gasteiger partial charge in [0.15, 0.2) is 0 Å². The molecule has 6 nitrogen and oxygen atoms in total. The molecule has 0 radical (unpaired) electrons. The average molecular weight is 231 g/mol. The Morgan fingerprint density at radius 1 is 1.60 bits per heavy atom. The van der Waals surface area contributed by atoms with Gasteiger partial charge < -0.3 is 5.73 Å². The van der Waals surface area contributed by atoms with Crippen LogP contribution in [0.4, 0.5) is 0 Å². The molecule has 1 aromatic rings. The quantitative estimate of drug-likeness (QED) is 0.738. The second-order valence-electron chi connectivity index (χ2n) is 3.01. The third-order valence-corrected chi connectivity index (χ3v) is 3.35. The van der Waals surface area contributed by atoms with E-state index >= 15 is 0 Å². The monoisotopic (exact) mass is 231 g/mol. The van der Waals surface area contributed by atoms with E-state index in [0.717, 1.165) is 3.97 Å². The maximum absolute atomic E-state index is 11.6. The molecule has 0 saturated heterocycles. The van der Waals surface area contributed by atoms with Crippen LogP contribution in [0.5, 0.6) is 0 Å². The molecule has 15 heavy (non-hydrogen) atoms. The second kappa shape index (κ2) is 4.03. The van der Waals surface area contributed by atoms with Crippen molar-refractivity contribution in [2.24, 2.45) is 5.73 Å². The number of nitrogens with two attached hydrogens (primary N) is 1. The zero-order valence-electron chi connectivity index (χ0n) is 8.52. The first-order chi connectivity index (χ1) is 6.90. The summed E-state index contributed by atoms with van der Waals surface area (Å²) < 4.78 is 26.4. The summed E-state index contributed by atoms with van der Waals surface area (Å²) in [6.07, 6.45) is 1.30. The van der Waals surface area contributed by atoms with Crippen molar-refractivity contribution >= 4 is 16.1 Å². The zero-order valence-corrected chi connectivity index (χ0v) is 9.34. The number of carbonyl (C=O) groups excluding carboxylic acids is 1. The lowest BCUT2D eigenvalue weighted by Gasteiger charge is -2.08. The summed E-state index contributed by atoms with van der Waals surface area (Å²) in [5.74, 6) is -0.765. The Morgan fingerprint density at radius 3 is 2.67 bits per heavy atom. The lowest BCUT2D eigenvalue weighted by atomic mass is 10.3. The Labute approximate surface area is 88.3 Å². The third kappa shape index (κ3) is 2.18. The molecule has 0 unspecified atom stereocenters. The maximum Gasteiger partial charge on any atom is 0.305 e. The lowest BCUT2D eigenvalue weighted by molar-refractivity contribution is 0.0994. The van der Waals surface area contributed by atoms with Crippen molar-refractivity contribution in [1.29, 1.82) is 0 Å². The molecular formula is C8H13N3O3S. The van der Waals surface area contributed by atoms with Crippen LogP contribution in [-0.2, 0) is 10.2 Å². The minimum Gasteiger partial charge on any atom is -0.364 e. The number of hydrogen-bond donors (Lipinski definition) is 2. The Balaban J connectivity index is 3.33. The summed E-state index contributed by atoms with van der Waals surface area (Å²) in [7, 11) is -3.70. The van der Waals surface area contributed by atoms with Gasteiger partial charge in [-0.2, -0.15) is 13.1 Å². The Bertz CT molecular complexity index is 475. The van der Waals surface area contributed by atoms with E-state index in [1.807, 2.05) is 0 Å². The Morgan fingerprint density at radius 2 is 2.20 bits per heavy atom. The highest BCUT2D eigenvalue weighted by molar-refractivity contribution is 7.88. The van der Waals surface area contributed by atoms with Crippen LogP contribution in [0.15, 0.2) is 12.3 Å². The molecule has 3 N–H and O–H groups in total. The molecule has 0 saturated carbocycles. The van der Waals surface area contributed by atoms with Gasteiger partial charge in [0.05, 0.1) is 0 Å². The van der Waals surface area contributed by atoms with Crippen LogP contribution in [0.1, 0.15) is 23.0 Å². The molecule has 0 fully saturated rings. The predicted octanol–water partition coefficient (Wildman–Crippen LogP) is -0.402. The summed E-state index contributed by atoms with van der Waals surface area (Å²) >= 11 is 0. The number of amides is 1. The van der Waals surface area contributed by atoms with Crippen LogP contribution in [-0.4, -0.2) is 24.8 Å². The van der Waals surface area contributed by atoms with Crippen LogP contribution in [0.2, 0.25) is 0 Å². The first-order valence-corrected chi connectivity index (χ1v) is 5.82. The Hall–Kier alpha value is -1.34. The van der Waals surface area contributed by atoms with Crippen molar-refractivity contribution in [3.8, 4) is 0 Å². The molecule has 0 aliphatic rings. The van der Waals surface area contributed by atoms with E-state index in [4.69, 9.17) is 5.73 Å². The predicted molar refractivity (Wildman–Crippen MR) is 55.7 cm³/mol. The summed E-state index contributed by atoms with van der Waals surface area (Å²) in [5.41, 5.74) is 5.61. The number of aryl methyl sites for hydroxylation is 1. The number of carbonyl (C=O) groups is 1. The topological polar surface area (TPSA) is 94.2 Å². The molecule has 84 valence electrons. The number of aromatic nitrogens is 1. The molecule has 0 aromatic carbocycles. The summed E-state index contributed by atoms with van der Waals surface area (Å²) in [4.78, 5) is 11.1. The van der Waals surface area contributed by atoms with Gasteiger partial charge >= 0.3 is 10.2 Å². The molecule has 1 heterocycles. The number of hydrogen-bond acceptors (Lipinski definition) is 3. The highest BCUT2D eigenvalue weighted by Crippen LogP contribution is 2.11. The summed E-state index contributed by atoms with van der Waals surface area (Å²) in [6, 6.07) is 1.52. The molecule has 0 bridgehead atoms. The molecular weight excluding hydrogens is 218 g/mol. The van der Waals surface area contributed by atoms with E-state index in [1.54, 1.807) is 13.8 Å². The molecule has 0 aliphatic heterocycles. The van der Waals surface area contributed by atoms with Gasteiger partial charge in [0.25, 0.3) is 5.91 Å². The van der Waals surface area contributed by atoms with Crippen molar-refractivity contribution in [3.63, 3.8) is 0 Å². The second-order valence-corrected chi connectivity index (χ2v) is 4.64. The minimum absolute atomic E-state index is 0.0176. The van der Waals surface area contributed by atoms with Gasteiger partial charge in [0.1, 0.15) is 5.69 Å². The standard InChI is InChI=1S/C8H13N3O3S/c1-3-10-15(13,14)11-5-4-6(2)7(11)8(9)12/h4-5,10H,3H2,1-2H3,(H2,9,12). The van der Waals surface area contributed by atoms with E-state index in [9.17, 15) is 13.2 Å². The Kier molecular flexibility index (Phi) is 3.15. The van der Waals surface area contributed by atoms with Crippen LogP contribution in [0.25, 0.3) is 0 Å². The average Bonchev–Trinajstić information content (AvgIpc) is 2.47. The van der Waals surface area contributed by atoms with Crippen LogP contribution >= 0.6 is 0 Å². The fraction of sp³-hybridized carbons (Fsp3) is 0.375. The molecule has 1 amide bonds. The van der Waals surface area contributed by atoms with Crippen LogP contribution in [0, 0.1) is 6.92 Å². The highest BCUT2D eigenvalue weighted by Gasteiger charge is 2.20. The lowest BCUT2D eigenvalue weighted by Crippen LogP contribution is -2.32. The van der Waals surface area contributed by atoms with Crippen LogP contribution in [0.3, 0.4) is 0 Å². The zero-order chi connectivity index (χ0) is 11.6. The van der Waals surface area contributed by atoms with Gasteiger partial charge in [0, 0.05) is 12.7 Å². The molecule has 0 spiro atoms. The third-order valence-electron chi connectivity index (χ3n) is 1.87. The van der Waals surface area contributed by atoms with Crippen molar-refractivity contribution in [2.45, 2.75) is 13.8 Å². The summed E-state index contributed by atoms with van der Waals surface area (Å²) in [5, 5.41) is 0. The van der Waals surface area contributed by atoms with E-state index in [2.05, 4.69) is 4.72 Å². The van der Waals surface area contributed by atoms with Crippen molar-refractivity contribution < 1.29 is 13.2 Å². The maximum atomic E-state index is 11.6.